The summed E-state index contributed by atoms with van der Waals surface area (Å²) in [6, 6.07) is 9.59. The van der Waals surface area contributed by atoms with Crippen LogP contribution in [-0.4, -0.2) is 45.9 Å². The Bertz CT molecular complexity index is 898. The Morgan fingerprint density at radius 1 is 1.19 bits per heavy atom. The summed E-state index contributed by atoms with van der Waals surface area (Å²) in [7, 11) is 3.33. The van der Waals surface area contributed by atoms with Crippen molar-refractivity contribution in [3.8, 4) is 11.5 Å². The van der Waals surface area contributed by atoms with Crippen molar-refractivity contribution in [2.75, 3.05) is 38.8 Å². The van der Waals surface area contributed by atoms with E-state index in [2.05, 4.69) is 15.6 Å². The molecule has 1 aliphatic heterocycles. The highest BCUT2D eigenvalue weighted by atomic mass is 127. The molecule has 0 spiro atoms. The van der Waals surface area contributed by atoms with Gasteiger partial charge in [0.1, 0.15) is 11.6 Å². The van der Waals surface area contributed by atoms with Crippen LogP contribution in [0.1, 0.15) is 18.9 Å². The van der Waals surface area contributed by atoms with Gasteiger partial charge in [-0.05, 0) is 43.2 Å². The zero-order valence-electron chi connectivity index (χ0n) is 18.0. The Balaban J connectivity index is 0.00000341. The summed E-state index contributed by atoms with van der Waals surface area (Å²) in [5.74, 6) is 0.953. The van der Waals surface area contributed by atoms with Gasteiger partial charge in [-0.1, -0.05) is 6.07 Å². The maximum Gasteiger partial charge on any atom is 0.191 e. The number of benzene rings is 2. The second-order valence-electron chi connectivity index (χ2n) is 7.02. The van der Waals surface area contributed by atoms with Crippen LogP contribution in [0, 0.1) is 11.6 Å². The first-order valence-electron chi connectivity index (χ1n) is 10.0. The first-order valence-corrected chi connectivity index (χ1v) is 10.0. The van der Waals surface area contributed by atoms with E-state index in [-0.39, 0.29) is 30.0 Å². The van der Waals surface area contributed by atoms with Gasteiger partial charge in [0.05, 0.1) is 19.4 Å². The molecule has 0 radical (unpaired) electrons. The van der Waals surface area contributed by atoms with E-state index in [4.69, 9.17) is 9.47 Å². The molecule has 2 N–H and O–H groups in total. The average Bonchev–Trinajstić information content (AvgIpc) is 3.20. The fraction of sp³-hybridized carbons (Fsp3) is 0.409. The van der Waals surface area contributed by atoms with Gasteiger partial charge in [-0.3, -0.25) is 4.99 Å². The third-order valence-electron chi connectivity index (χ3n) is 4.99. The molecule has 31 heavy (non-hydrogen) atoms. The number of hydrogen-bond acceptors (Lipinski definition) is 4. The van der Waals surface area contributed by atoms with Gasteiger partial charge in [-0.15, -0.1) is 24.0 Å². The van der Waals surface area contributed by atoms with Crippen LogP contribution in [0.2, 0.25) is 0 Å². The zero-order valence-corrected chi connectivity index (χ0v) is 20.3. The fourth-order valence-electron chi connectivity index (χ4n) is 3.51. The van der Waals surface area contributed by atoms with E-state index in [1.165, 1.54) is 12.1 Å². The number of methoxy groups -OCH3 is 1. The van der Waals surface area contributed by atoms with E-state index < -0.39 is 11.6 Å². The van der Waals surface area contributed by atoms with Crippen LogP contribution >= 0.6 is 24.0 Å². The lowest BCUT2D eigenvalue weighted by Gasteiger charge is -2.21. The number of halogens is 3. The molecule has 1 heterocycles. The topological polar surface area (TPSA) is 58.1 Å². The largest absolute Gasteiger partial charge is 0.493 e. The molecule has 170 valence electrons. The number of nitrogens with one attached hydrogen (secondary N) is 2. The lowest BCUT2D eigenvalue weighted by molar-refractivity contribution is 0.310. The number of rotatable bonds is 7. The van der Waals surface area contributed by atoms with Gasteiger partial charge in [-0.25, -0.2) is 8.78 Å². The Kier molecular flexibility index (Phi) is 9.60. The molecule has 0 aromatic heterocycles. The van der Waals surface area contributed by atoms with Crippen molar-refractivity contribution in [1.29, 1.82) is 0 Å². The Hall–Kier alpha value is -2.30. The maximum atomic E-state index is 14.0. The summed E-state index contributed by atoms with van der Waals surface area (Å²) in [5, 5.41) is 6.66. The van der Waals surface area contributed by atoms with Gasteiger partial charge >= 0.3 is 0 Å². The van der Waals surface area contributed by atoms with E-state index >= 15 is 0 Å². The normalized spacial score (nSPS) is 16.0. The third-order valence-corrected chi connectivity index (χ3v) is 4.99. The molecule has 1 aliphatic rings. The van der Waals surface area contributed by atoms with Crippen LogP contribution in [0.25, 0.3) is 0 Å². The van der Waals surface area contributed by atoms with Gasteiger partial charge in [0.2, 0.25) is 0 Å². The predicted octanol–water partition coefficient (Wildman–Crippen LogP) is 3.93. The molecule has 0 saturated carbocycles. The molecule has 0 amide bonds. The zero-order chi connectivity index (χ0) is 21.5. The van der Waals surface area contributed by atoms with Crippen molar-refractivity contribution in [2.24, 2.45) is 4.99 Å². The summed E-state index contributed by atoms with van der Waals surface area (Å²) >= 11 is 0. The highest BCUT2D eigenvalue weighted by molar-refractivity contribution is 14.0. The third kappa shape index (κ3) is 6.59. The summed E-state index contributed by atoms with van der Waals surface area (Å²) < 4.78 is 38.1. The van der Waals surface area contributed by atoms with Gasteiger partial charge < -0.3 is 25.0 Å². The number of guanidine groups is 1. The van der Waals surface area contributed by atoms with E-state index in [1.807, 2.05) is 30.0 Å². The monoisotopic (exact) mass is 546 g/mol. The SMILES string of the molecule is CCOc1ccc(CNC(=NC)NC2CCN(c3ccc(F)cc3F)C2)cc1OC.I. The summed E-state index contributed by atoms with van der Waals surface area (Å²) in [6.45, 7) is 4.36. The van der Waals surface area contributed by atoms with Crippen LogP contribution in [0.5, 0.6) is 11.5 Å². The Morgan fingerprint density at radius 3 is 2.68 bits per heavy atom. The number of aliphatic imine (C=N–C) groups is 1. The molecular formula is C22H29F2IN4O2. The van der Waals surface area contributed by atoms with Gasteiger partial charge in [0.25, 0.3) is 0 Å². The molecule has 1 unspecified atom stereocenters. The predicted molar refractivity (Wildman–Crippen MR) is 130 cm³/mol. The van der Waals surface area contributed by atoms with Gasteiger partial charge in [-0.2, -0.15) is 0 Å². The van der Waals surface area contributed by atoms with Crippen molar-refractivity contribution in [3.05, 3.63) is 53.6 Å². The van der Waals surface area contributed by atoms with E-state index in [0.29, 0.717) is 49.4 Å². The minimum absolute atomic E-state index is 0. The fourth-order valence-corrected chi connectivity index (χ4v) is 3.51. The molecule has 2 aromatic carbocycles. The molecule has 2 aromatic rings. The second-order valence-corrected chi connectivity index (χ2v) is 7.02. The molecule has 0 aliphatic carbocycles. The van der Waals surface area contributed by atoms with Crippen molar-refractivity contribution < 1.29 is 18.3 Å². The molecular weight excluding hydrogens is 517 g/mol. The second kappa shape index (κ2) is 11.9. The first-order chi connectivity index (χ1) is 14.5. The molecule has 0 bridgehead atoms. The lowest BCUT2D eigenvalue weighted by Crippen LogP contribution is -2.44. The standard InChI is InChI=1S/C22H28F2N4O2.HI/c1-4-30-20-8-5-15(11-21(20)29-3)13-26-22(25-2)27-17-9-10-28(14-17)19-7-6-16(23)12-18(19)24;/h5-8,11-12,17H,4,9-10,13-14H2,1-3H3,(H2,25,26,27);1H. The number of ether oxygens (including phenoxy) is 2. The minimum Gasteiger partial charge on any atom is -0.493 e. The summed E-state index contributed by atoms with van der Waals surface area (Å²) in [5.41, 5.74) is 1.45. The van der Waals surface area contributed by atoms with E-state index in [0.717, 1.165) is 18.1 Å². The highest BCUT2D eigenvalue weighted by Crippen LogP contribution is 2.28. The van der Waals surface area contributed by atoms with Crippen LogP contribution in [0.4, 0.5) is 14.5 Å². The number of nitrogens with zero attached hydrogens (tertiary/aromatic N) is 2. The van der Waals surface area contributed by atoms with Gasteiger partial charge in [0.15, 0.2) is 17.5 Å². The summed E-state index contributed by atoms with van der Waals surface area (Å²) in [6.07, 6.45) is 0.828. The molecule has 3 rings (SSSR count). The quantitative estimate of drug-likeness (QED) is 0.313. The molecule has 6 nitrogen and oxygen atoms in total. The highest BCUT2D eigenvalue weighted by Gasteiger charge is 2.25. The summed E-state index contributed by atoms with van der Waals surface area (Å²) in [4.78, 5) is 6.19. The van der Waals surface area contributed by atoms with Crippen LogP contribution < -0.4 is 25.0 Å². The van der Waals surface area contributed by atoms with Crippen molar-refractivity contribution in [3.63, 3.8) is 0 Å². The van der Waals surface area contributed by atoms with Crippen molar-refractivity contribution in [2.45, 2.75) is 25.9 Å². The smallest absolute Gasteiger partial charge is 0.191 e. The molecule has 1 fully saturated rings. The minimum atomic E-state index is -0.569. The molecule has 1 atom stereocenters. The van der Waals surface area contributed by atoms with Crippen molar-refractivity contribution >= 4 is 35.6 Å². The number of hydrogen-bond donors (Lipinski definition) is 2. The molecule has 9 heteroatoms. The van der Waals surface area contributed by atoms with Crippen LogP contribution in [0.15, 0.2) is 41.4 Å². The lowest BCUT2D eigenvalue weighted by atomic mass is 10.2. The average molecular weight is 546 g/mol. The van der Waals surface area contributed by atoms with Gasteiger partial charge in [0, 0.05) is 38.8 Å². The van der Waals surface area contributed by atoms with Crippen LogP contribution in [0.3, 0.4) is 0 Å². The first kappa shape index (κ1) is 25.0. The van der Waals surface area contributed by atoms with E-state index in [9.17, 15) is 8.78 Å². The van der Waals surface area contributed by atoms with Crippen LogP contribution in [-0.2, 0) is 6.54 Å². The molecule has 1 saturated heterocycles. The maximum absolute atomic E-state index is 14.0. The van der Waals surface area contributed by atoms with E-state index in [1.54, 1.807) is 14.2 Å². The number of anilines is 1. The Morgan fingerprint density at radius 2 is 2.00 bits per heavy atom. The Labute approximate surface area is 199 Å². The van der Waals surface area contributed by atoms with Crippen molar-refractivity contribution in [1.82, 2.24) is 10.6 Å².